The topological polar surface area (TPSA) is 34.1 Å². The summed E-state index contributed by atoms with van der Waals surface area (Å²) in [4.78, 5) is 0. The summed E-state index contributed by atoms with van der Waals surface area (Å²) in [5.41, 5.74) is 0. The molecule has 0 unspecified atom stereocenters. The second kappa shape index (κ2) is 43.1. The molecule has 0 spiro atoms. The van der Waals surface area contributed by atoms with Gasteiger partial charge in [0.2, 0.25) is 0 Å². The number of hydrogen-bond donors (Lipinski definition) is 0. The summed E-state index contributed by atoms with van der Waals surface area (Å²) in [6, 6.07) is 0. The van der Waals surface area contributed by atoms with Gasteiger partial charge in [-0.15, -0.1) is 0 Å². The van der Waals surface area contributed by atoms with Gasteiger partial charge in [0.05, 0.1) is 0 Å². The molecule has 0 aliphatic heterocycles. The van der Waals surface area contributed by atoms with E-state index in [1.807, 2.05) is 0 Å². The molecule has 6 heavy (non-hydrogen) atoms. The van der Waals surface area contributed by atoms with Crippen LogP contribution in [0.25, 0.3) is 0 Å². The molecule has 0 heterocycles. The summed E-state index contributed by atoms with van der Waals surface area (Å²) in [7, 11) is 0. The van der Waals surface area contributed by atoms with E-state index in [2.05, 4.69) is 0 Å². The van der Waals surface area contributed by atoms with Crippen molar-refractivity contribution in [3.8, 4) is 0 Å². The Bertz CT molecular complexity index is 11.5. The molecule has 2 nitrogen and oxygen atoms in total. The van der Waals surface area contributed by atoms with Gasteiger partial charge in [-0.05, 0) is 0 Å². The third-order valence-corrected chi connectivity index (χ3v) is 0. The van der Waals surface area contributed by atoms with Gasteiger partial charge in [-0.2, -0.15) is 0 Å². The van der Waals surface area contributed by atoms with Crippen LogP contribution in [0.2, 0.25) is 0 Å². The molecule has 0 fully saturated rings. The molecule has 0 N–H and O–H groups in total. The first-order valence-corrected chi connectivity index (χ1v) is 2.74. The van der Waals surface area contributed by atoms with Gasteiger partial charge in [-0.3, -0.25) is 0 Å². The Kier molecular flexibility index (Phi) is 165. The molecule has 4 radical (unpaired) electrons. The van der Waals surface area contributed by atoms with Gasteiger partial charge in [0.1, 0.15) is 0 Å². The van der Waals surface area contributed by atoms with Crippen LogP contribution in [-0.4, -0.2) is 45.0 Å². The number of hydrogen-bond acceptors (Lipinski definition) is 2. The predicted molar refractivity (Wildman–Crippen MR) is 12.9 cm³/mol. The van der Waals surface area contributed by atoms with Crippen LogP contribution in [0.1, 0.15) is 0 Å². The molecular weight excluding hydrogens is 494 g/mol. The van der Waals surface area contributed by atoms with E-state index in [0.29, 0.717) is 45.0 Å². The fourth-order valence-electron chi connectivity index (χ4n) is 0. The van der Waals surface area contributed by atoms with Crippen molar-refractivity contribution in [3.05, 3.63) is 0 Å². The molecule has 0 aliphatic rings. The maximum absolute atomic E-state index is 8.34. The average molecular weight is 494 g/mol. The summed E-state index contributed by atoms with van der Waals surface area (Å²) in [6.07, 6.45) is 0. The van der Waals surface area contributed by atoms with Crippen molar-refractivity contribution in [3.63, 3.8) is 0 Å². The Labute approximate surface area is 103 Å². The third-order valence-electron chi connectivity index (χ3n) is 0. The van der Waals surface area contributed by atoms with E-state index in [0.717, 1.165) is 0 Å². The summed E-state index contributed by atoms with van der Waals surface area (Å²) < 4.78 is 16.7. The zero-order valence-corrected chi connectivity index (χ0v) is 17.0. The van der Waals surface area contributed by atoms with Gasteiger partial charge in [0.15, 0.2) is 0 Å². The van der Waals surface area contributed by atoms with Crippen LogP contribution in [0.5, 0.6) is 0 Å². The van der Waals surface area contributed by atoms with E-state index in [9.17, 15) is 0 Å². The van der Waals surface area contributed by atoms with Crippen LogP contribution >= 0.6 is 0 Å². The molecule has 0 saturated heterocycles. The van der Waals surface area contributed by atoms with E-state index in [1.54, 1.807) is 0 Å². The van der Waals surface area contributed by atoms with Crippen molar-refractivity contribution >= 4 is 45.0 Å². The second-order valence-corrected chi connectivity index (χ2v) is 0. The molecule has 0 amide bonds. The van der Waals surface area contributed by atoms with E-state index >= 15 is 0 Å². The quantitative estimate of drug-likeness (QED) is 0.405. The maximum atomic E-state index is 8.34. The van der Waals surface area contributed by atoms with Crippen molar-refractivity contribution < 1.29 is 60.8 Å². The molecule has 0 aliphatic carbocycles. The van der Waals surface area contributed by atoms with E-state index in [4.69, 9.17) is 6.15 Å². The average Bonchev–Trinajstić information content (AvgIpc) is 1.50. The predicted octanol–water partition coefficient (Wildman–Crippen LogP) is -1.00. The van der Waals surface area contributed by atoms with Crippen LogP contribution in [0, 0.1) is 0 Å². The Morgan fingerprint density at radius 3 is 0.667 bits per heavy atom. The Morgan fingerprint density at radius 1 is 0.667 bits per heavy atom. The molecule has 24 valence electrons. The van der Waals surface area contributed by atoms with E-state index in [1.165, 1.54) is 0 Å². The van der Waals surface area contributed by atoms with Gasteiger partial charge in [0.25, 0.3) is 0 Å². The molecule has 0 aromatic carbocycles. The van der Waals surface area contributed by atoms with Gasteiger partial charge < -0.3 is 0 Å². The minimum absolute atomic E-state index is 0. The molecule has 0 saturated carbocycles. The first-order chi connectivity index (χ1) is 2.00. The van der Waals surface area contributed by atoms with Gasteiger partial charge in [-0.25, -0.2) is 0 Å². The summed E-state index contributed by atoms with van der Waals surface area (Å²) >= 11 is 0.600. The molecule has 0 rings (SSSR count). The molecule has 0 aromatic heterocycles. The summed E-state index contributed by atoms with van der Waals surface area (Å²) in [5.74, 6) is 0. The Balaban J connectivity index is -0.00000000500. The SMILES string of the molecule is [Cd].[Cd].[O]=[Sn].[O]=[Sn]. The zero-order valence-electron chi connectivity index (χ0n) is 3.23. The monoisotopic (exact) mass is 500 g/mol. The van der Waals surface area contributed by atoms with Crippen LogP contribution in [0.15, 0.2) is 0 Å². The number of rotatable bonds is 0. The summed E-state index contributed by atoms with van der Waals surface area (Å²) in [5, 5.41) is 0. The van der Waals surface area contributed by atoms with Crippen molar-refractivity contribution in [2.75, 3.05) is 0 Å². The third kappa shape index (κ3) is 27.8. The summed E-state index contributed by atoms with van der Waals surface area (Å²) in [6.45, 7) is 0. The van der Waals surface area contributed by atoms with Crippen molar-refractivity contribution in [2.45, 2.75) is 0 Å². The van der Waals surface area contributed by atoms with Crippen LogP contribution < -0.4 is 0 Å². The van der Waals surface area contributed by atoms with Crippen molar-refractivity contribution in [1.82, 2.24) is 0 Å². The fourth-order valence-corrected chi connectivity index (χ4v) is 0. The first kappa shape index (κ1) is 23.0. The van der Waals surface area contributed by atoms with E-state index in [-0.39, 0.29) is 54.6 Å². The Morgan fingerprint density at radius 2 is 0.667 bits per heavy atom. The van der Waals surface area contributed by atoms with Gasteiger partial charge >= 0.3 is 51.2 Å². The Hall–Kier alpha value is 3.04. The fraction of sp³-hybridized carbons (Fsp3) is 0. The normalized spacial score (nSPS) is 1.33. The molecule has 0 bridgehead atoms. The molecular formula is Cd2O2Sn2. The van der Waals surface area contributed by atoms with Crippen LogP contribution in [0.4, 0.5) is 0 Å². The van der Waals surface area contributed by atoms with Gasteiger partial charge in [0, 0.05) is 54.6 Å². The minimum atomic E-state index is 0. The first-order valence-electron chi connectivity index (χ1n) is 0.408. The van der Waals surface area contributed by atoms with Crippen molar-refractivity contribution in [1.29, 1.82) is 0 Å². The van der Waals surface area contributed by atoms with Gasteiger partial charge in [-0.1, -0.05) is 0 Å². The molecule has 0 atom stereocenters. The van der Waals surface area contributed by atoms with Crippen LogP contribution in [-0.2, 0) is 60.8 Å². The molecule has 6 heteroatoms. The van der Waals surface area contributed by atoms with Crippen LogP contribution in [0.3, 0.4) is 0 Å². The molecule has 0 aromatic rings. The zero-order chi connectivity index (χ0) is 4.00. The van der Waals surface area contributed by atoms with E-state index < -0.39 is 0 Å². The second-order valence-electron chi connectivity index (χ2n) is 0. The van der Waals surface area contributed by atoms with Crippen molar-refractivity contribution in [2.24, 2.45) is 0 Å². The standard InChI is InChI=1S/2Cd.2O.2Sn.